The summed E-state index contributed by atoms with van der Waals surface area (Å²) in [5.74, 6) is 0. The van der Waals surface area contributed by atoms with Crippen molar-refractivity contribution in [3.63, 3.8) is 0 Å². The molecule has 6 heteroatoms. The number of aromatic nitrogens is 1. The van der Waals surface area contributed by atoms with Crippen molar-refractivity contribution in [3.8, 4) is 0 Å². The van der Waals surface area contributed by atoms with Crippen LogP contribution in [0.5, 0.6) is 0 Å². The Hall–Kier alpha value is -1.53. The van der Waals surface area contributed by atoms with Crippen LogP contribution in [0.3, 0.4) is 0 Å². The van der Waals surface area contributed by atoms with Crippen LogP contribution in [0.1, 0.15) is 22.7 Å². The Morgan fingerprint density at radius 3 is 2.50 bits per heavy atom. The highest BCUT2D eigenvalue weighted by Crippen LogP contribution is 2.36. The predicted octanol–water partition coefficient (Wildman–Crippen LogP) is 3.87. The van der Waals surface area contributed by atoms with Gasteiger partial charge >= 0.3 is 6.18 Å². The fourth-order valence-electron chi connectivity index (χ4n) is 2.00. The Kier molecular flexibility index (Phi) is 4.35. The highest BCUT2D eigenvalue weighted by atomic mass is 32.2. The molecule has 1 aromatic carbocycles. The Balaban J connectivity index is 2.52. The summed E-state index contributed by atoms with van der Waals surface area (Å²) in [6.07, 6.45) is -0.270. The van der Waals surface area contributed by atoms with Crippen molar-refractivity contribution in [1.29, 1.82) is 0 Å². The molecule has 0 aliphatic carbocycles. The topological polar surface area (TPSA) is 38.9 Å². The van der Waals surface area contributed by atoms with E-state index in [4.69, 9.17) is 5.73 Å². The first kappa shape index (κ1) is 14.9. The number of hydrogen-bond donors (Lipinski definition) is 1. The van der Waals surface area contributed by atoms with Crippen LogP contribution >= 0.6 is 11.8 Å². The lowest BCUT2D eigenvalue weighted by molar-refractivity contribution is -0.138. The minimum absolute atomic E-state index is 0.0125. The van der Waals surface area contributed by atoms with Crippen molar-refractivity contribution in [1.82, 2.24) is 4.98 Å². The van der Waals surface area contributed by atoms with E-state index < -0.39 is 17.8 Å². The summed E-state index contributed by atoms with van der Waals surface area (Å²) in [5, 5.41) is 0. The van der Waals surface area contributed by atoms with Crippen LogP contribution in [0.4, 0.5) is 13.2 Å². The lowest BCUT2D eigenvalue weighted by atomic mass is 9.96. The highest BCUT2D eigenvalue weighted by molar-refractivity contribution is 7.98. The number of hydrogen-bond acceptors (Lipinski definition) is 3. The van der Waals surface area contributed by atoms with Crippen molar-refractivity contribution in [2.24, 2.45) is 5.73 Å². The number of alkyl halides is 3. The molecule has 2 N–H and O–H groups in total. The summed E-state index contributed by atoms with van der Waals surface area (Å²) in [6.45, 7) is 0. The molecule has 0 saturated heterocycles. The SMILES string of the molecule is CSc1ccccc1C(N)c1cnccc1C(F)(F)F. The molecule has 0 fully saturated rings. The van der Waals surface area contributed by atoms with Crippen molar-refractivity contribution < 1.29 is 13.2 Å². The summed E-state index contributed by atoms with van der Waals surface area (Å²) in [7, 11) is 0. The standard InChI is InChI=1S/C14H13F3N2S/c1-20-12-5-3-2-4-9(12)13(18)10-8-19-7-6-11(10)14(15,16)17/h2-8,13H,18H2,1H3. The summed E-state index contributed by atoms with van der Waals surface area (Å²) < 4.78 is 39.1. The lowest BCUT2D eigenvalue weighted by Crippen LogP contribution is -2.19. The number of nitrogens with two attached hydrogens (primary N) is 1. The first-order chi connectivity index (χ1) is 9.45. The number of halogens is 3. The monoisotopic (exact) mass is 298 g/mol. The molecule has 1 aromatic heterocycles. The molecule has 0 bridgehead atoms. The molecule has 106 valence electrons. The van der Waals surface area contributed by atoms with Crippen LogP contribution in [-0.2, 0) is 6.18 Å². The largest absolute Gasteiger partial charge is 0.416 e. The van der Waals surface area contributed by atoms with Gasteiger partial charge in [0.25, 0.3) is 0 Å². The molecule has 2 rings (SSSR count). The average molecular weight is 298 g/mol. The van der Waals surface area contributed by atoms with Gasteiger partial charge in [-0.15, -0.1) is 11.8 Å². The Morgan fingerprint density at radius 1 is 1.15 bits per heavy atom. The van der Waals surface area contributed by atoms with Gasteiger partial charge in [0.05, 0.1) is 11.6 Å². The van der Waals surface area contributed by atoms with Gasteiger partial charge in [0.15, 0.2) is 0 Å². The van der Waals surface area contributed by atoms with Gasteiger partial charge < -0.3 is 5.73 Å². The fraction of sp³-hybridized carbons (Fsp3) is 0.214. The van der Waals surface area contributed by atoms with Gasteiger partial charge in [-0.1, -0.05) is 18.2 Å². The van der Waals surface area contributed by atoms with Crippen LogP contribution in [0.25, 0.3) is 0 Å². The number of thioether (sulfide) groups is 1. The van der Waals surface area contributed by atoms with Gasteiger partial charge in [-0.2, -0.15) is 13.2 Å². The van der Waals surface area contributed by atoms with E-state index in [1.807, 2.05) is 18.4 Å². The summed E-state index contributed by atoms with van der Waals surface area (Å²) in [5.41, 5.74) is 5.95. The van der Waals surface area contributed by atoms with E-state index in [1.165, 1.54) is 18.0 Å². The number of nitrogens with zero attached hydrogens (tertiary/aromatic N) is 1. The van der Waals surface area contributed by atoms with Gasteiger partial charge in [-0.05, 0) is 24.0 Å². The van der Waals surface area contributed by atoms with Crippen LogP contribution in [0, 0.1) is 0 Å². The molecule has 1 unspecified atom stereocenters. The van der Waals surface area contributed by atoms with E-state index in [2.05, 4.69) is 4.98 Å². The second-order valence-corrected chi connectivity index (χ2v) is 5.03. The number of pyridine rings is 1. The van der Waals surface area contributed by atoms with E-state index in [1.54, 1.807) is 12.1 Å². The van der Waals surface area contributed by atoms with Gasteiger partial charge in [0.1, 0.15) is 0 Å². The van der Waals surface area contributed by atoms with E-state index in [0.717, 1.165) is 17.2 Å². The van der Waals surface area contributed by atoms with Crippen LogP contribution in [0.2, 0.25) is 0 Å². The molecule has 2 aromatic rings. The first-order valence-electron chi connectivity index (χ1n) is 5.84. The lowest BCUT2D eigenvalue weighted by Gasteiger charge is -2.19. The molecule has 0 radical (unpaired) electrons. The predicted molar refractivity (Wildman–Crippen MR) is 73.5 cm³/mol. The van der Waals surface area contributed by atoms with Crippen molar-refractivity contribution in [2.75, 3.05) is 6.26 Å². The Bertz CT molecular complexity index is 599. The summed E-state index contributed by atoms with van der Waals surface area (Å²) in [6, 6.07) is 7.27. The smallest absolute Gasteiger partial charge is 0.320 e. The molecule has 1 atom stereocenters. The third kappa shape index (κ3) is 2.96. The number of rotatable bonds is 3. The quantitative estimate of drug-likeness (QED) is 0.874. The Morgan fingerprint density at radius 2 is 1.85 bits per heavy atom. The molecule has 20 heavy (non-hydrogen) atoms. The molecular formula is C14H13F3N2S. The van der Waals surface area contributed by atoms with Crippen LogP contribution < -0.4 is 5.73 Å². The van der Waals surface area contributed by atoms with Gasteiger partial charge in [0, 0.05) is 22.9 Å². The second kappa shape index (κ2) is 5.85. The van der Waals surface area contributed by atoms with E-state index in [0.29, 0.717) is 5.56 Å². The second-order valence-electron chi connectivity index (χ2n) is 4.18. The number of benzene rings is 1. The van der Waals surface area contributed by atoms with Crippen molar-refractivity contribution in [2.45, 2.75) is 17.1 Å². The normalized spacial score (nSPS) is 13.2. The molecule has 0 aliphatic rings. The minimum Gasteiger partial charge on any atom is -0.320 e. The molecule has 0 spiro atoms. The maximum absolute atomic E-state index is 13.0. The maximum atomic E-state index is 13.0. The molecular weight excluding hydrogens is 285 g/mol. The van der Waals surface area contributed by atoms with Crippen LogP contribution in [0.15, 0.2) is 47.6 Å². The van der Waals surface area contributed by atoms with Crippen LogP contribution in [-0.4, -0.2) is 11.2 Å². The van der Waals surface area contributed by atoms with E-state index >= 15 is 0 Å². The average Bonchev–Trinajstić information content (AvgIpc) is 2.45. The van der Waals surface area contributed by atoms with E-state index in [-0.39, 0.29) is 5.56 Å². The summed E-state index contributed by atoms with van der Waals surface area (Å²) >= 11 is 1.45. The Labute approximate surface area is 119 Å². The zero-order valence-electron chi connectivity index (χ0n) is 10.7. The minimum atomic E-state index is -4.44. The molecule has 1 heterocycles. The molecule has 2 nitrogen and oxygen atoms in total. The summed E-state index contributed by atoms with van der Waals surface area (Å²) in [4.78, 5) is 4.63. The zero-order chi connectivity index (χ0) is 14.8. The highest BCUT2D eigenvalue weighted by Gasteiger charge is 2.35. The fourth-order valence-corrected chi connectivity index (χ4v) is 2.65. The third-order valence-electron chi connectivity index (χ3n) is 2.97. The molecule has 0 saturated carbocycles. The molecule has 0 aliphatic heterocycles. The van der Waals surface area contributed by atoms with Crippen molar-refractivity contribution >= 4 is 11.8 Å². The third-order valence-corrected chi connectivity index (χ3v) is 3.78. The van der Waals surface area contributed by atoms with Gasteiger partial charge in [-0.25, -0.2) is 0 Å². The van der Waals surface area contributed by atoms with Gasteiger partial charge in [-0.3, -0.25) is 4.98 Å². The van der Waals surface area contributed by atoms with E-state index in [9.17, 15) is 13.2 Å². The molecule has 0 amide bonds. The zero-order valence-corrected chi connectivity index (χ0v) is 11.5. The van der Waals surface area contributed by atoms with Gasteiger partial charge in [0.2, 0.25) is 0 Å². The maximum Gasteiger partial charge on any atom is 0.416 e. The first-order valence-corrected chi connectivity index (χ1v) is 7.07. The van der Waals surface area contributed by atoms with Crippen molar-refractivity contribution in [3.05, 3.63) is 59.4 Å².